The van der Waals surface area contributed by atoms with E-state index in [0.717, 1.165) is 10.6 Å². The molecule has 7 heteroatoms. The number of rotatable bonds is 2. The van der Waals surface area contributed by atoms with Gasteiger partial charge in [0.2, 0.25) is 0 Å². The number of Topliss-reactive ketones (excluding diaryl/α,β-unsaturated/α-hetero) is 1. The lowest BCUT2D eigenvalue weighted by molar-refractivity contribution is -0.116. The van der Waals surface area contributed by atoms with Crippen LogP contribution < -0.4 is 0 Å². The molecule has 1 fully saturated rings. The van der Waals surface area contributed by atoms with Crippen LogP contribution in [0.5, 0.6) is 0 Å². The third kappa shape index (κ3) is 3.01. The molecule has 0 spiro atoms. The van der Waals surface area contributed by atoms with Gasteiger partial charge in [-0.15, -0.1) is 0 Å². The van der Waals surface area contributed by atoms with Crippen molar-refractivity contribution in [1.82, 2.24) is 10.0 Å². The molecule has 2 amide bonds. The number of hydrogen-bond acceptors (Lipinski definition) is 4. The van der Waals surface area contributed by atoms with Gasteiger partial charge in [0, 0.05) is 0 Å². The second-order valence-electron chi connectivity index (χ2n) is 3.98. The van der Waals surface area contributed by atoms with Crippen molar-refractivity contribution >= 4 is 18.0 Å². The first-order valence-corrected chi connectivity index (χ1v) is 5.58. The molecule has 0 saturated carbocycles. The van der Waals surface area contributed by atoms with Gasteiger partial charge in [-0.05, 0) is 5.56 Å². The summed E-state index contributed by atoms with van der Waals surface area (Å²) in [5.74, 6) is -0.348. The smallest absolute Gasteiger partial charge is 0.429 e. The van der Waals surface area contributed by atoms with E-state index in [1.54, 1.807) is 24.3 Å². The van der Waals surface area contributed by atoms with Crippen LogP contribution in [-0.4, -0.2) is 46.2 Å². The van der Waals surface area contributed by atoms with Gasteiger partial charge in [-0.2, -0.15) is 0 Å². The molecule has 1 aromatic rings. The fraction of sp³-hybridized carbons (Fsp3) is 0.250. The van der Waals surface area contributed by atoms with Crippen molar-refractivity contribution in [2.24, 2.45) is 0 Å². The Morgan fingerprint density at radius 1 is 1.16 bits per heavy atom. The van der Waals surface area contributed by atoms with Crippen molar-refractivity contribution in [1.29, 1.82) is 0 Å². The van der Waals surface area contributed by atoms with E-state index in [4.69, 9.17) is 9.84 Å². The number of nitrogens with zero attached hydrogens (tertiary/aromatic N) is 2. The number of carbonyl (C=O) groups excluding carboxylic acids is 2. The minimum Gasteiger partial charge on any atom is -0.464 e. The summed E-state index contributed by atoms with van der Waals surface area (Å²) in [6.45, 7) is -0.576. The highest BCUT2D eigenvalue weighted by molar-refractivity contribution is 5.91. The minimum atomic E-state index is -1.36. The number of ketones is 1. The standard InChI is InChI=1S/C12H12N2O5/c15-10-6-13(11(16)17)14(7-10)12(18)19-8-9-4-2-1-3-5-9/h1-5H,6-8H2,(H,16,17). The molecule has 2 rings (SSSR count). The van der Waals surface area contributed by atoms with Crippen molar-refractivity contribution < 1.29 is 24.2 Å². The summed E-state index contributed by atoms with van der Waals surface area (Å²) >= 11 is 0. The number of hydrogen-bond donors (Lipinski definition) is 1. The summed E-state index contributed by atoms with van der Waals surface area (Å²) in [6.07, 6.45) is -2.21. The van der Waals surface area contributed by atoms with Gasteiger partial charge in [-0.25, -0.2) is 19.6 Å². The first kappa shape index (κ1) is 12.9. The summed E-state index contributed by atoms with van der Waals surface area (Å²) in [6, 6.07) is 8.98. The van der Waals surface area contributed by atoms with Crippen LogP contribution >= 0.6 is 0 Å². The fourth-order valence-corrected chi connectivity index (χ4v) is 1.68. The maximum absolute atomic E-state index is 11.7. The summed E-state index contributed by atoms with van der Waals surface area (Å²) in [4.78, 5) is 33.8. The van der Waals surface area contributed by atoms with Crippen LogP contribution in [0.15, 0.2) is 30.3 Å². The predicted molar refractivity (Wildman–Crippen MR) is 63.1 cm³/mol. The van der Waals surface area contributed by atoms with Crippen molar-refractivity contribution in [3.8, 4) is 0 Å². The van der Waals surface area contributed by atoms with Crippen LogP contribution in [0.3, 0.4) is 0 Å². The van der Waals surface area contributed by atoms with Gasteiger partial charge < -0.3 is 9.84 Å². The Hall–Kier alpha value is -2.57. The Morgan fingerprint density at radius 3 is 2.42 bits per heavy atom. The third-order valence-electron chi connectivity index (χ3n) is 2.58. The van der Waals surface area contributed by atoms with E-state index in [1.165, 1.54) is 0 Å². The second kappa shape index (κ2) is 5.38. The van der Waals surface area contributed by atoms with E-state index in [2.05, 4.69) is 0 Å². The SMILES string of the molecule is O=C1CN(C(=O)O)N(C(=O)OCc2ccccc2)C1. The minimum absolute atomic E-state index is 0.0256. The molecule has 1 aliphatic rings. The molecule has 0 unspecified atom stereocenters. The summed E-state index contributed by atoms with van der Waals surface area (Å²) in [5.41, 5.74) is 0.781. The highest BCUT2D eigenvalue weighted by atomic mass is 16.6. The Kier molecular flexibility index (Phi) is 3.65. The van der Waals surface area contributed by atoms with Crippen LogP contribution in [0.4, 0.5) is 9.59 Å². The normalized spacial score (nSPS) is 14.6. The molecule has 0 bridgehead atoms. The molecule has 100 valence electrons. The van der Waals surface area contributed by atoms with E-state index in [1.807, 2.05) is 6.07 Å². The number of carbonyl (C=O) groups is 3. The van der Waals surface area contributed by atoms with E-state index >= 15 is 0 Å². The van der Waals surface area contributed by atoms with Crippen molar-refractivity contribution in [2.45, 2.75) is 6.61 Å². The highest BCUT2D eigenvalue weighted by Gasteiger charge is 2.36. The van der Waals surface area contributed by atoms with Crippen LogP contribution in [-0.2, 0) is 16.1 Å². The highest BCUT2D eigenvalue weighted by Crippen LogP contribution is 2.11. The Morgan fingerprint density at radius 2 is 1.79 bits per heavy atom. The Balaban J connectivity index is 1.96. The molecule has 19 heavy (non-hydrogen) atoms. The van der Waals surface area contributed by atoms with Crippen molar-refractivity contribution in [2.75, 3.05) is 13.1 Å². The van der Waals surface area contributed by atoms with Crippen LogP contribution in [0.2, 0.25) is 0 Å². The molecule has 0 radical (unpaired) electrons. The zero-order valence-electron chi connectivity index (χ0n) is 9.98. The van der Waals surface area contributed by atoms with Crippen LogP contribution in [0.1, 0.15) is 5.56 Å². The first-order valence-electron chi connectivity index (χ1n) is 5.58. The molecule has 1 N–H and O–H groups in total. The average molecular weight is 264 g/mol. The summed E-state index contributed by atoms with van der Waals surface area (Å²) in [7, 11) is 0. The zero-order valence-corrected chi connectivity index (χ0v) is 9.98. The number of hydrazine groups is 1. The molecular weight excluding hydrogens is 252 g/mol. The quantitative estimate of drug-likeness (QED) is 0.864. The monoisotopic (exact) mass is 264 g/mol. The topological polar surface area (TPSA) is 87.2 Å². The fourth-order valence-electron chi connectivity index (χ4n) is 1.68. The van der Waals surface area contributed by atoms with Crippen molar-refractivity contribution in [3.05, 3.63) is 35.9 Å². The summed E-state index contributed by atoms with van der Waals surface area (Å²) < 4.78 is 4.97. The van der Waals surface area contributed by atoms with Crippen LogP contribution in [0, 0.1) is 0 Å². The van der Waals surface area contributed by atoms with E-state index in [9.17, 15) is 14.4 Å². The number of ether oxygens (including phenoxy) is 1. The molecule has 1 saturated heterocycles. The molecule has 0 atom stereocenters. The second-order valence-corrected chi connectivity index (χ2v) is 3.98. The molecule has 0 aromatic heterocycles. The molecule has 1 aliphatic heterocycles. The summed E-state index contributed by atoms with van der Waals surface area (Å²) in [5, 5.41) is 10.3. The van der Waals surface area contributed by atoms with E-state index < -0.39 is 12.2 Å². The van der Waals surface area contributed by atoms with Gasteiger partial charge in [0.1, 0.15) is 19.7 Å². The van der Waals surface area contributed by atoms with Gasteiger partial charge in [0.05, 0.1) is 0 Å². The lowest BCUT2D eigenvalue weighted by Gasteiger charge is -2.23. The first-order chi connectivity index (χ1) is 9.08. The molecular formula is C12H12N2O5. The van der Waals surface area contributed by atoms with Gasteiger partial charge in [-0.1, -0.05) is 30.3 Å². The predicted octanol–water partition coefficient (Wildman–Crippen LogP) is 1.10. The number of benzene rings is 1. The maximum Gasteiger partial charge on any atom is 0.429 e. The molecule has 1 aromatic carbocycles. The van der Waals surface area contributed by atoms with Crippen molar-refractivity contribution in [3.63, 3.8) is 0 Å². The largest absolute Gasteiger partial charge is 0.464 e. The Bertz CT molecular complexity index is 502. The third-order valence-corrected chi connectivity index (χ3v) is 2.58. The molecule has 7 nitrogen and oxygen atoms in total. The molecule has 0 aliphatic carbocycles. The maximum atomic E-state index is 11.7. The van der Waals surface area contributed by atoms with E-state index in [0.29, 0.717) is 5.01 Å². The Labute approximate surface area is 108 Å². The lowest BCUT2D eigenvalue weighted by atomic mass is 10.2. The van der Waals surface area contributed by atoms with E-state index in [-0.39, 0.29) is 25.5 Å². The van der Waals surface area contributed by atoms with Crippen LogP contribution in [0.25, 0.3) is 0 Å². The van der Waals surface area contributed by atoms with Gasteiger partial charge >= 0.3 is 12.2 Å². The molecule has 1 heterocycles. The van der Waals surface area contributed by atoms with Gasteiger partial charge in [0.25, 0.3) is 0 Å². The zero-order chi connectivity index (χ0) is 13.8. The number of amides is 2. The van der Waals surface area contributed by atoms with Gasteiger partial charge in [-0.3, -0.25) is 4.79 Å². The van der Waals surface area contributed by atoms with Gasteiger partial charge in [0.15, 0.2) is 5.78 Å². The number of carboxylic acid groups (broad SMARTS) is 1. The lowest BCUT2D eigenvalue weighted by Crippen LogP contribution is -2.44. The average Bonchev–Trinajstić information content (AvgIpc) is 2.79.